The van der Waals surface area contributed by atoms with E-state index >= 15 is 0 Å². The molecular formula is C18H21NO2. The minimum atomic E-state index is -0.0698. The monoisotopic (exact) mass is 283 g/mol. The van der Waals surface area contributed by atoms with Gasteiger partial charge < -0.3 is 10.1 Å². The summed E-state index contributed by atoms with van der Waals surface area (Å²) >= 11 is 0. The molecule has 2 aromatic carbocycles. The summed E-state index contributed by atoms with van der Waals surface area (Å²) in [7, 11) is 0. The number of benzene rings is 2. The summed E-state index contributed by atoms with van der Waals surface area (Å²) in [6, 6.07) is 13.6. The zero-order valence-electron chi connectivity index (χ0n) is 12.8. The fourth-order valence-electron chi connectivity index (χ4n) is 2.00. The van der Waals surface area contributed by atoms with Crippen LogP contribution in [-0.2, 0) is 0 Å². The van der Waals surface area contributed by atoms with Crippen molar-refractivity contribution in [2.75, 3.05) is 13.2 Å². The first kappa shape index (κ1) is 15.1. The lowest BCUT2D eigenvalue weighted by atomic mass is 10.1. The maximum Gasteiger partial charge on any atom is 0.251 e. The average Bonchev–Trinajstić information content (AvgIpc) is 2.47. The highest BCUT2D eigenvalue weighted by molar-refractivity contribution is 5.94. The Bertz CT molecular complexity index is 618. The Morgan fingerprint density at radius 3 is 2.38 bits per heavy atom. The van der Waals surface area contributed by atoms with Crippen molar-refractivity contribution >= 4 is 5.91 Å². The molecule has 0 spiro atoms. The minimum absolute atomic E-state index is 0.0698. The lowest BCUT2D eigenvalue weighted by Crippen LogP contribution is -2.28. The molecule has 0 unspecified atom stereocenters. The Balaban J connectivity index is 1.80. The molecule has 0 radical (unpaired) electrons. The molecule has 0 atom stereocenters. The fourth-order valence-corrected chi connectivity index (χ4v) is 2.00. The van der Waals surface area contributed by atoms with Crippen molar-refractivity contribution in [3.63, 3.8) is 0 Å². The molecule has 110 valence electrons. The van der Waals surface area contributed by atoms with Crippen LogP contribution in [0.3, 0.4) is 0 Å². The molecule has 0 heterocycles. The van der Waals surface area contributed by atoms with E-state index in [9.17, 15) is 4.79 Å². The van der Waals surface area contributed by atoms with Crippen molar-refractivity contribution in [1.82, 2.24) is 5.32 Å². The van der Waals surface area contributed by atoms with Gasteiger partial charge in [0.05, 0.1) is 6.54 Å². The van der Waals surface area contributed by atoms with Crippen LogP contribution in [0.4, 0.5) is 0 Å². The summed E-state index contributed by atoms with van der Waals surface area (Å²) in [6.07, 6.45) is 0. The first-order chi connectivity index (χ1) is 10.1. The number of ether oxygens (including phenoxy) is 1. The van der Waals surface area contributed by atoms with Gasteiger partial charge in [-0.05, 0) is 50.1 Å². The van der Waals surface area contributed by atoms with Gasteiger partial charge in [-0.1, -0.05) is 29.8 Å². The van der Waals surface area contributed by atoms with Crippen LogP contribution in [0.1, 0.15) is 27.0 Å². The van der Waals surface area contributed by atoms with Gasteiger partial charge in [0.1, 0.15) is 12.4 Å². The number of nitrogens with one attached hydrogen (secondary N) is 1. The van der Waals surface area contributed by atoms with E-state index in [1.807, 2.05) is 57.2 Å². The number of hydrogen-bond acceptors (Lipinski definition) is 2. The van der Waals surface area contributed by atoms with E-state index in [0.29, 0.717) is 18.7 Å². The number of aryl methyl sites for hydroxylation is 3. The zero-order valence-corrected chi connectivity index (χ0v) is 12.8. The lowest BCUT2D eigenvalue weighted by molar-refractivity contribution is 0.0947. The van der Waals surface area contributed by atoms with Gasteiger partial charge in [-0.25, -0.2) is 0 Å². The molecule has 21 heavy (non-hydrogen) atoms. The average molecular weight is 283 g/mol. The molecule has 2 rings (SSSR count). The maximum atomic E-state index is 11.9. The second kappa shape index (κ2) is 6.93. The van der Waals surface area contributed by atoms with Crippen molar-refractivity contribution in [2.45, 2.75) is 20.8 Å². The summed E-state index contributed by atoms with van der Waals surface area (Å²) in [5, 5.41) is 2.86. The van der Waals surface area contributed by atoms with E-state index in [1.165, 1.54) is 5.56 Å². The highest BCUT2D eigenvalue weighted by Crippen LogP contribution is 2.18. The molecule has 3 nitrogen and oxygen atoms in total. The van der Waals surface area contributed by atoms with Crippen LogP contribution in [0.5, 0.6) is 5.75 Å². The summed E-state index contributed by atoms with van der Waals surface area (Å²) in [5.74, 6) is 0.805. The molecule has 0 saturated heterocycles. The molecule has 0 saturated carbocycles. The minimum Gasteiger partial charge on any atom is -0.491 e. The van der Waals surface area contributed by atoms with Crippen molar-refractivity contribution in [2.24, 2.45) is 0 Å². The highest BCUT2D eigenvalue weighted by Gasteiger charge is 2.04. The maximum absolute atomic E-state index is 11.9. The smallest absolute Gasteiger partial charge is 0.251 e. The Morgan fingerprint density at radius 2 is 1.67 bits per heavy atom. The van der Waals surface area contributed by atoms with Crippen molar-refractivity contribution in [3.05, 3.63) is 64.7 Å². The van der Waals surface area contributed by atoms with E-state index in [2.05, 4.69) is 11.4 Å². The first-order valence-electron chi connectivity index (χ1n) is 7.11. The number of carbonyl (C=O) groups is 1. The van der Waals surface area contributed by atoms with Gasteiger partial charge in [0.25, 0.3) is 5.91 Å². The second-order valence-electron chi connectivity index (χ2n) is 5.24. The molecule has 1 amide bonds. The van der Waals surface area contributed by atoms with Crippen LogP contribution in [0, 0.1) is 20.8 Å². The number of rotatable bonds is 5. The predicted octanol–water partition coefficient (Wildman–Crippen LogP) is 3.42. The van der Waals surface area contributed by atoms with Crippen LogP contribution in [0.15, 0.2) is 42.5 Å². The highest BCUT2D eigenvalue weighted by atomic mass is 16.5. The van der Waals surface area contributed by atoms with Crippen molar-refractivity contribution in [3.8, 4) is 5.75 Å². The van der Waals surface area contributed by atoms with Crippen LogP contribution in [0.2, 0.25) is 0 Å². The summed E-state index contributed by atoms with van der Waals surface area (Å²) < 4.78 is 5.71. The van der Waals surface area contributed by atoms with Gasteiger partial charge >= 0.3 is 0 Å². The molecule has 2 aromatic rings. The van der Waals surface area contributed by atoms with E-state index < -0.39 is 0 Å². The largest absolute Gasteiger partial charge is 0.491 e. The Hall–Kier alpha value is -2.29. The number of carbonyl (C=O) groups excluding carboxylic acids is 1. The van der Waals surface area contributed by atoms with Crippen LogP contribution < -0.4 is 10.1 Å². The normalized spacial score (nSPS) is 10.2. The predicted molar refractivity (Wildman–Crippen MR) is 84.9 cm³/mol. The standard InChI is InChI=1S/C18H21NO2/c1-13-5-8-16(9-6-13)18(20)19-10-11-21-17-12-14(2)4-7-15(17)3/h4-9,12H,10-11H2,1-3H3,(H,19,20). The molecule has 3 heteroatoms. The van der Waals surface area contributed by atoms with Crippen LogP contribution >= 0.6 is 0 Å². The van der Waals surface area contributed by atoms with E-state index in [0.717, 1.165) is 16.9 Å². The van der Waals surface area contributed by atoms with Gasteiger partial charge in [0, 0.05) is 5.56 Å². The fraction of sp³-hybridized carbons (Fsp3) is 0.278. The summed E-state index contributed by atoms with van der Waals surface area (Å²) in [6.45, 7) is 6.99. The third-order valence-electron chi connectivity index (χ3n) is 3.30. The third-order valence-corrected chi connectivity index (χ3v) is 3.30. The zero-order chi connectivity index (χ0) is 15.2. The molecule has 0 aliphatic rings. The van der Waals surface area contributed by atoms with E-state index in [4.69, 9.17) is 4.74 Å². The van der Waals surface area contributed by atoms with E-state index in [1.54, 1.807) is 0 Å². The number of amides is 1. The van der Waals surface area contributed by atoms with Gasteiger partial charge in [-0.15, -0.1) is 0 Å². The Kier molecular flexibility index (Phi) is 4.99. The van der Waals surface area contributed by atoms with Gasteiger partial charge in [-0.3, -0.25) is 4.79 Å². The topological polar surface area (TPSA) is 38.3 Å². The number of hydrogen-bond donors (Lipinski definition) is 1. The quantitative estimate of drug-likeness (QED) is 0.854. The molecule has 1 N–H and O–H groups in total. The molecule has 0 bridgehead atoms. The van der Waals surface area contributed by atoms with Crippen LogP contribution in [-0.4, -0.2) is 19.1 Å². The van der Waals surface area contributed by atoms with Crippen molar-refractivity contribution < 1.29 is 9.53 Å². The Labute approximate surface area is 126 Å². The SMILES string of the molecule is Cc1ccc(C(=O)NCCOc2cc(C)ccc2C)cc1. The van der Waals surface area contributed by atoms with Crippen molar-refractivity contribution in [1.29, 1.82) is 0 Å². The molecule has 0 aliphatic carbocycles. The third kappa shape index (κ3) is 4.35. The lowest BCUT2D eigenvalue weighted by Gasteiger charge is -2.10. The summed E-state index contributed by atoms with van der Waals surface area (Å²) in [4.78, 5) is 11.9. The van der Waals surface area contributed by atoms with E-state index in [-0.39, 0.29) is 5.91 Å². The molecule has 0 aliphatic heterocycles. The second-order valence-corrected chi connectivity index (χ2v) is 5.24. The first-order valence-corrected chi connectivity index (χ1v) is 7.11. The van der Waals surface area contributed by atoms with Gasteiger partial charge in [0.2, 0.25) is 0 Å². The Morgan fingerprint density at radius 1 is 1.00 bits per heavy atom. The molecule has 0 aromatic heterocycles. The molecule has 0 fully saturated rings. The van der Waals surface area contributed by atoms with Crippen LogP contribution in [0.25, 0.3) is 0 Å². The summed E-state index contributed by atoms with van der Waals surface area (Å²) in [5.41, 5.74) is 4.09. The molecular weight excluding hydrogens is 262 g/mol. The van der Waals surface area contributed by atoms with Gasteiger partial charge in [-0.2, -0.15) is 0 Å². The van der Waals surface area contributed by atoms with Gasteiger partial charge in [0.15, 0.2) is 0 Å².